The van der Waals surface area contributed by atoms with E-state index < -0.39 is 5.60 Å². The molecule has 3 aliphatic rings. The Balaban J connectivity index is 1.74. The second kappa shape index (κ2) is 3.85. The highest BCUT2D eigenvalue weighted by Gasteiger charge is 2.62. The number of likely N-dealkylation sites (tertiary alicyclic amines) is 1. The zero-order chi connectivity index (χ0) is 13.8. The van der Waals surface area contributed by atoms with Crippen molar-refractivity contribution in [3.05, 3.63) is 0 Å². The highest BCUT2D eigenvalue weighted by molar-refractivity contribution is 5.84. The molecule has 0 aromatic heterocycles. The molecule has 3 rings (SSSR count). The van der Waals surface area contributed by atoms with Crippen LogP contribution in [0.25, 0.3) is 0 Å². The van der Waals surface area contributed by atoms with Crippen LogP contribution in [-0.4, -0.2) is 54.7 Å². The average Bonchev–Trinajstić information content (AvgIpc) is 2.87. The van der Waals surface area contributed by atoms with E-state index in [1.54, 1.807) is 4.90 Å². The molecule has 0 radical (unpaired) electrons. The van der Waals surface area contributed by atoms with Gasteiger partial charge in [0.25, 0.3) is 0 Å². The van der Waals surface area contributed by atoms with Crippen LogP contribution in [0.5, 0.6) is 0 Å². The lowest BCUT2D eigenvalue weighted by Gasteiger charge is -2.27. The number of hydrogen-bond donors (Lipinski definition) is 2. The molecule has 0 aliphatic carbocycles. The first-order valence-corrected chi connectivity index (χ1v) is 6.81. The first kappa shape index (κ1) is 12.7. The third-order valence-corrected chi connectivity index (χ3v) is 4.36. The van der Waals surface area contributed by atoms with Gasteiger partial charge in [-0.25, -0.2) is 4.79 Å². The quantitative estimate of drug-likeness (QED) is 0.645. The molecule has 0 bridgehead atoms. The van der Waals surface area contributed by atoms with E-state index >= 15 is 0 Å². The van der Waals surface area contributed by atoms with Crippen LogP contribution >= 0.6 is 0 Å². The Bertz CT molecular complexity index is 431. The molecule has 0 saturated carbocycles. The third-order valence-electron chi connectivity index (χ3n) is 4.36. The fourth-order valence-electron chi connectivity index (χ4n) is 3.52. The molecule has 6 nitrogen and oxygen atoms in total. The lowest BCUT2D eigenvalue weighted by molar-refractivity contribution is -0.123. The molecule has 3 heterocycles. The van der Waals surface area contributed by atoms with Gasteiger partial charge in [-0.1, -0.05) is 0 Å². The Hall–Kier alpha value is -1.30. The summed E-state index contributed by atoms with van der Waals surface area (Å²) in [4.78, 5) is 25.7. The lowest BCUT2D eigenvalue weighted by Crippen LogP contribution is -2.40. The van der Waals surface area contributed by atoms with Crippen LogP contribution in [0.3, 0.4) is 0 Å². The predicted octanol–water partition coefficient (Wildman–Crippen LogP) is -0.0587. The maximum absolute atomic E-state index is 12.1. The Morgan fingerprint density at radius 1 is 1.47 bits per heavy atom. The summed E-state index contributed by atoms with van der Waals surface area (Å²) < 4.78 is 5.41. The Labute approximate surface area is 112 Å². The highest BCUT2D eigenvalue weighted by Crippen LogP contribution is 2.45. The molecule has 3 atom stereocenters. The van der Waals surface area contributed by atoms with Crippen molar-refractivity contribution in [2.24, 2.45) is 11.3 Å². The molecule has 0 aromatic rings. The Morgan fingerprint density at radius 3 is 2.89 bits per heavy atom. The van der Waals surface area contributed by atoms with Gasteiger partial charge in [0.15, 0.2) is 0 Å². The highest BCUT2D eigenvalue weighted by atomic mass is 16.6. The smallest absolute Gasteiger partial charge is 0.410 e. The number of nitrogens with one attached hydrogen (secondary N) is 2. The summed E-state index contributed by atoms with van der Waals surface area (Å²) >= 11 is 0. The maximum atomic E-state index is 12.1. The zero-order valence-electron chi connectivity index (χ0n) is 11.7. The normalized spacial score (nSPS) is 37.0. The molecule has 2 amide bonds. The Kier molecular flexibility index (Phi) is 2.58. The van der Waals surface area contributed by atoms with Crippen LogP contribution in [0.1, 0.15) is 20.8 Å². The van der Waals surface area contributed by atoms with Gasteiger partial charge in [0.2, 0.25) is 5.91 Å². The van der Waals surface area contributed by atoms with Gasteiger partial charge < -0.3 is 20.3 Å². The molecule has 3 fully saturated rings. The molecule has 0 aromatic carbocycles. The van der Waals surface area contributed by atoms with E-state index in [1.807, 2.05) is 20.8 Å². The van der Waals surface area contributed by atoms with E-state index in [0.29, 0.717) is 19.6 Å². The predicted molar refractivity (Wildman–Crippen MR) is 68.5 cm³/mol. The zero-order valence-corrected chi connectivity index (χ0v) is 11.7. The molecule has 106 valence electrons. The third kappa shape index (κ3) is 1.89. The van der Waals surface area contributed by atoms with Crippen LogP contribution in [0, 0.1) is 11.3 Å². The van der Waals surface area contributed by atoms with Gasteiger partial charge in [0.05, 0.1) is 12.0 Å². The van der Waals surface area contributed by atoms with Gasteiger partial charge in [-0.05, 0) is 20.8 Å². The summed E-state index contributed by atoms with van der Waals surface area (Å²) in [6, 6.07) is 0.0625. The summed E-state index contributed by atoms with van der Waals surface area (Å²) in [6.07, 6.45) is -0.281. The van der Waals surface area contributed by atoms with Crippen LogP contribution in [0.4, 0.5) is 4.79 Å². The molecule has 2 N–H and O–H groups in total. The van der Waals surface area contributed by atoms with Crippen LogP contribution in [0.15, 0.2) is 0 Å². The first-order valence-electron chi connectivity index (χ1n) is 6.81. The van der Waals surface area contributed by atoms with Crippen molar-refractivity contribution in [3.63, 3.8) is 0 Å². The van der Waals surface area contributed by atoms with Crippen molar-refractivity contribution < 1.29 is 14.3 Å². The van der Waals surface area contributed by atoms with Crippen LogP contribution in [-0.2, 0) is 9.53 Å². The van der Waals surface area contributed by atoms with Gasteiger partial charge >= 0.3 is 6.09 Å². The fraction of sp³-hybridized carbons (Fsp3) is 0.846. The molecule has 3 unspecified atom stereocenters. The monoisotopic (exact) mass is 267 g/mol. The minimum Gasteiger partial charge on any atom is -0.444 e. The van der Waals surface area contributed by atoms with Crippen molar-refractivity contribution in [1.29, 1.82) is 0 Å². The van der Waals surface area contributed by atoms with Crippen LogP contribution in [0.2, 0.25) is 0 Å². The second-order valence-electron chi connectivity index (χ2n) is 6.84. The van der Waals surface area contributed by atoms with Crippen molar-refractivity contribution >= 4 is 12.0 Å². The summed E-state index contributed by atoms with van der Waals surface area (Å²) in [5, 5.41) is 6.31. The topological polar surface area (TPSA) is 70.7 Å². The van der Waals surface area contributed by atoms with Crippen molar-refractivity contribution in [2.75, 3.05) is 26.2 Å². The van der Waals surface area contributed by atoms with E-state index in [2.05, 4.69) is 10.6 Å². The molecule has 3 saturated heterocycles. The number of hydrogen-bond acceptors (Lipinski definition) is 4. The number of ether oxygens (including phenoxy) is 1. The second-order valence-corrected chi connectivity index (χ2v) is 6.84. The summed E-state index contributed by atoms with van der Waals surface area (Å²) in [6.45, 7) is 8.25. The van der Waals surface area contributed by atoms with Gasteiger partial charge in [-0.2, -0.15) is 0 Å². The Morgan fingerprint density at radius 2 is 2.21 bits per heavy atom. The summed E-state index contributed by atoms with van der Waals surface area (Å²) in [7, 11) is 0. The largest absolute Gasteiger partial charge is 0.444 e. The minimum absolute atomic E-state index is 0.00932. The van der Waals surface area contributed by atoms with E-state index in [-0.39, 0.29) is 29.4 Å². The minimum atomic E-state index is -0.483. The number of amides is 2. The van der Waals surface area contributed by atoms with E-state index in [0.717, 1.165) is 6.54 Å². The van der Waals surface area contributed by atoms with E-state index in [9.17, 15) is 9.59 Å². The number of nitrogens with zero attached hydrogens (tertiary/aromatic N) is 1. The van der Waals surface area contributed by atoms with Gasteiger partial charge in [-0.3, -0.25) is 4.79 Å². The van der Waals surface area contributed by atoms with Crippen molar-refractivity contribution in [1.82, 2.24) is 15.5 Å². The van der Waals surface area contributed by atoms with Crippen molar-refractivity contribution in [2.45, 2.75) is 32.4 Å². The van der Waals surface area contributed by atoms with Crippen LogP contribution < -0.4 is 10.6 Å². The van der Waals surface area contributed by atoms with Gasteiger partial charge in [0, 0.05) is 31.6 Å². The molecule has 1 spiro atoms. The summed E-state index contributed by atoms with van der Waals surface area (Å²) in [5.41, 5.74) is -0.614. The van der Waals surface area contributed by atoms with Gasteiger partial charge in [0.1, 0.15) is 5.60 Å². The number of rotatable bonds is 0. The molecule has 6 heteroatoms. The number of carbonyl (C=O) groups excluding carboxylic acids is 2. The SMILES string of the molecule is CC(C)(C)OC(=O)N1CC2NC(=O)C3CNCC23C1. The van der Waals surface area contributed by atoms with E-state index in [4.69, 9.17) is 4.74 Å². The van der Waals surface area contributed by atoms with Gasteiger partial charge in [-0.15, -0.1) is 0 Å². The standard InChI is InChI=1S/C13H21N3O3/c1-12(2,3)19-11(18)16-5-9-13(7-16)6-14-4-8(13)10(17)15-9/h8-9,14H,4-7H2,1-3H3,(H,15,17). The molecule has 3 aliphatic heterocycles. The lowest BCUT2D eigenvalue weighted by atomic mass is 9.78. The number of carbonyl (C=O) groups is 2. The fourth-order valence-corrected chi connectivity index (χ4v) is 3.52. The van der Waals surface area contributed by atoms with Crippen molar-refractivity contribution in [3.8, 4) is 0 Å². The maximum Gasteiger partial charge on any atom is 0.410 e. The summed E-state index contributed by atoms with van der Waals surface area (Å²) in [5.74, 6) is 0.115. The molecular weight excluding hydrogens is 246 g/mol. The molecular formula is C13H21N3O3. The van der Waals surface area contributed by atoms with E-state index in [1.165, 1.54) is 0 Å². The first-order chi connectivity index (χ1) is 8.82. The molecule has 19 heavy (non-hydrogen) atoms. The average molecular weight is 267 g/mol.